The van der Waals surface area contributed by atoms with E-state index in [1.54, 1.807) is 6.07 Å². The number of ether oxygens (including phenoxy) is 1. The van der Waals surface area contributed by atoms with Crippen molar-refractivity contribution in [1.29, 1.82) is 0 Å². The molecule has 5 heteroatoms. The van der Waals surface area contributed by atoms with Gasteiger partial charge < -0.3 is 14.7 Å². The highest BCUT2D eigenvalue weighted by Gasteiger charge is 2.23. The van der Waals surface area contributed by atoms with Gasteiger partial charge in [-0.2, -0.15) is 0 Å². The first-order chi connectivity index (χ1) is 8.70. The fourth-order valence-electron chi connectivity index (χ4n) is 2.18. The Morgan fingerprint density at radius 2 is 2.44 bits per heavy atom. The van der Waals surface area contributed by atoms with E-state index in [9.17, 15) is 4.79 Å². The topological polar surface area (TPSA) is 62.7 Å². The van der Waals surface area contributed by atoms with E-state index in [1.807, 2.05) is 13.0 Å². The molecular formula is C13H18N2O3. The van der Waals surface area contributed by atoms with Crippen molar-refractivity contribution in [2.45, 2.75) is 13.3 Å². The molecule has 0 aromatic carbocycles. The number of hydrogen-bond donors (Lipinski definition) is 1. The molecule has 18 heavy (non-hydrogen) atoms. The molecule has 0 radical (unpaired) electrons. The predicted molar refractivity (Wildman–Crippen MR) is 68.0 cm³/mol. The quantitative estimate of drug-likeness (QED) is 0.860. The summed E-state index contributed by atoms with van der Waals surface area (Å²) in [6.07, 6.45) is 1.07. The van der Waals surface area contributed by atoms with E-state index in [0.29, 0.717) is 5.92 Å². The fourth-order valence-corrected chi connectivity index (χ4v) is 2.18. The van der Waals surface area contributed by atoms with Gasteiger partial charge in [-0.1, -0.05) is 6.07 Å². The van der Waals surface area contributed by atoms with Crippen molar-refractivity contribution in [2.24, 2.45) is 5.92 Å². The maximum absolute atomic E-state index is 10.9. The average molecular weight is 250 g/mol. The van der Waals surface area contributed by atoms with E-state index >= 15 is 0 Å². The minimum Gasteiger partial charge on any atom is -0.477 e. The maximum Gasteiger partial charge on any atom is 0.354 e. The minimum absolute atomic E-state index is 0.0979. The third kappa shape index (κ3) is 2.98. The summed E-state index contributed by atoms with van der Waals surface area (Å²) in [6.45, 7) is 5.30. The van der Waals surface area contributed by atoms with Crippen molar-refractivity contribution in [1.82, 2.24) is 4.98 Å². The SMILES string of the molecule is CCOCC1CCN(c2cccc(C(=O)O)n2)C1. The Balaban J connectivity index is 2.00. The molecule has 1 saturated heterocycles. The third-order valence-electron chi connectivity index (χ3n) is 3.12. The Morgan fingerprint density at radius 1 is 1.61 bits per heavy atom. The van der Waals surface area contributed by atoms with Gasteiger partial charge in [0.25, 0.3) is 0 Å². The third-order valence-corrected chi connectivity index (χ3v) is 3.12. The molecule has 0 saturated carbocycles. The summed E-state index contributed by atoms with van der Waals surface area (Å²) in [6, 6.07) is 5.11. The summed E-state index contributed by atoms with van der Waals surface area (Å²) in [5.41, 5.74) is 0.0979. The number of aromatic nitrogens is 1. The molecule has 1 N–H and O–H groups in total. The number of carboxylic acids is 1. The van der Waals surface area contributed by atoms with Crippen molar-refractivity contribution in [2.75, 3.05) is 31.2 Å². The number of pyridine rings is 1. The molecule has 1 unspecified atom stereocenters. The van der Waals surface area contributed by atoms with Crippen LogP contribution < -0.4 is 4.90 Å². The molecule has 5 nitrogen and oxygen atoms in total. The lowest BCUT2D eigenvalue weighted by Gasteiger charge is -2.17. The predicted octanol–water partition coefficient (Wildman–Crippen LogP) is 1.64. The molecule has 1 aliphatic heterocycles. The minimum atomic E-state index is -0.984. The summed E-state index contributed by atoms with van der Waals surface area (Å²) in [5, 5.41) is 8.92. The number of carbonyl (C=O) groups is 1. The molecule has 2 heterocycles. The van der Waals surface area contributed by atoms with Gasteiger partial charge in [-0.05, 0) is 25.5 Å². The highest BCUT2D eigenvalue weighted by atomic mass is 16.5. The van der Waals surface area contributed by atoms with Crippen molar-refractivity contribution in [3.63, 3.8) is 0 Å². The zero-order valence-electron chi connectivity index (χ0n) is 10.5. The summed E-state index contributed by atoms with van der Waals surface area (Å²) in [4.78, 5) is 17.1. The Hall–Kier alpha value is -1.62. The van der Waals surface area contributed by atoms with Crippen molar-refractivity contribution < 1.29 is 14.6 Å². The number of hydrogen-bond acceptors (Lipinski definition) is 4. The van der Waals surface area contributed by atoms with Gasteiger partial charge in [-0.25, -0.2) is 9.78 Å². The number of rotatable bonds is 5. The van der Waals surface area contributed by atoms with Crippen LogP contribution in [0.1, 0.15) is 23.8 Å². The summed E-state index contributed by atoms with van der Waals surface area (Å²) < 4.78 is 5.42. The molecule has 0 amide bonds. The molecule has 0 spiro atoms. The first-order valence-corrected chi connectivity index (χ1v) is 6.23. The maximum atomic E-state index is 10.9. The second-order valence-corrected chi connectivity index (χ2v) is 4.45. The molecular weight excluding hydrogens is 232 g/mol. The summed E-state index contributed by atoms with van der Waals surface area (Å²) >= 11 is 0. The number of nitrogens with zero attached hydrogens (tertiary/aromatic N) is 2. The largest absolute Gasteiger partial charge is 0.477 e. The Morgan fingerprint density at radius 3 is 3.17 bits per heavy atom. The monoisotopic (exact) mass is 250 g/mol. The van der Waals surface area contributed by atoms with E-state index in [0.717, 1.165) is 38.5 Å². The van der Waals surface area contributed by atoms with Crippen LogP contribution in [0.5, 0.6) is 0 Å². The van der Waals surface area contributed by atoms with Gasteiger partial charge in [0.2, 0.25) is 0 Å². The molecule has 0 bridgehead atoms. The van der Waals surface area contributed by atoms with Gasteiger partial charge in [-0.3, -0.25) is 0 Å². The molecule has 98 valence electrons. The lowest BCUT2D eigenvalue weighted by molar-refractivity contribution is 0.0690. The van der Waals surface area contributed by atoms with E-state index in [-0.39, 0.29) is 5.69 Å². The molecule has 1 aliphatic rings. The van der Waals surface area contributed by atoms with Gasteiger partial charge in [0.15, 0.2) is 5.69 Å². The Labute approximate surface area is 106 Å². The van der Waals surface area contributed by atoms with Crippen LogP contribution in [0.4, 0.5) is 5.82 Å². The van der Waals surface area contributed by atoms with Crippen LogP contribution in [0, 0.1) is 5.92 Å². The number of aromatic carboxylic acids is 1. The first kappa shape index (κ1) is 12.8. The van der Waals surface area contributed by atoms with Gasteiger partial charge in [-0.15, -0.1) is 0 Å². The van der Waals surface area contributed by atoms with Crippen LogP contribution in [0.2, 0.25) is 0 Å². The lowest BCUT2D eigenvalue weighted by atomic mass is 10.1. The smallest absolute Gasteiger partial charge is 0.354 e. The summed E-state index contributed by atoms with van der Waals surface area (Å²) in [5.74, 6) is 0.274. The van der Waals surface area contributed by atoms with E-state index in [1.165, 1.54) is 6.07 Å². The first-order valence-electron chi connectivity index (χ1n) is 6.23. The second-order valence-electron chi connectivity index (χ2n) is 4.45. The van der Waals surface area contributed by atoms with Crippen LogP contribution >= 0.6 is 0 Å². The van der Waals surface area contributed by atoms with E-state index < -0.39 is 5.97 Å². The van der Waals surface area contributed by atoms with Gasteiger partial charge in [0.05, 0.1) is 6.61 Å². The van der Waals surface area contributed by atoms with E-state index in [4.69, 9.17) is 9.84 Å². The van der Waals surface area contributed by atoms with Crippen molar-refractivity contribution in [3.8, 4) is 0 Å². The van der Waals surface area contributed by atoms with E-state index in [2.05, 4.69) is 9.88 Å². The molecule has 1 fully saturated rings. The Kier molecular flexibility index (Phi) is 4.15. The zero-order valence-corrected chi connectivity index (χ0v) is 10.5. The van der Waals surface area contributed by atoms with Crippen LogP contribution in [0.25, 0.3) is 0 Å². The van der Waals surface area contributed by atoms with Crippen LogP contribution in [-0.2, 0) is 4.74 Å². The fraction of sp³-hybridized carbons (Fsp3) is 0.538. The molecule has 1 atom stereocenters. The summed E-state index contributed by atoms with van der Waals surface area (Å²) in [7, 11) is 0. The second kappa shape index (κ2) is 5.82. The zero-order chi connectivity index (χ0) is 13.0. The average Bonchev–Trinajstić information content (AvgIpc) is 2.85. The molecule has 1 aromatic heterocycles. The van der Waals surface area contributed by atoms with Crippen LogP contribution in [0.15, 0.2) is 18.2 Å². The van der Waals surface area contributed by atoms with Gasteiger partial charge in [0, 0.05) is 25.6 Å². The standard InChI is InChI=1S/C13H18N2O3/c1-2-18-9-10-6-7-15(8-10)12-5-3-4-11(14-12)13(16)17/h3-5,10H,2,6-9H2,1H3,(H,16,17). The molecule has 2 rings (SSSR count). The lowest BCUT2D eigenvalue weighted by Crippen LogP contribution is -2.22. The van der Waals surface area contributed by atoms with Crippen molar-refractivity contribution >= 4 is 11.8 Å². The van der Waals surface area contributed by atoms with Gasteiger partial charge in [0.1, 0.15) is 5.82 Å². The number of carboxylic acid groups (broad SMARTS) is 1. The number of anilines is 1. The Bertz CT molecular complexity index is 422. The van der Waals surface area contributed by atoms with Crippen LogP contribution in [-0.4, -0.2) is 42.4 Å². The van der Waals surface area contributed by atoms with Crippen molar-refractivity contribution in [3.05, 3.63) is 23.9 Å². The van der Waals surface area contributed by atoms with Crippen LogP contribution in [0.3, 0.4) is 0 Å². The van der Waals surface area contributed by atoms with Gasteiger partial charge >= 0.3 is 5.97 Å². The normalized spacial score (nSPS) is 19.2. The molecule has 1 aromatic rings. The molecule has 0 aliphatic carbocycles. The highest BCUT2D eigenvalue weighted by molar-refractivity contribution is 5.85. The highest BCUT2D eigenvalue weighted by Crippen LogP contribution is 2.22.